The van der Waals surface area contributed by atoms with Crippen LogP contribution in [0, 0.1) is 0 Å². The molecule has 0 aliphatic heterocycles. The van der Waals surface area contributed by atoms with Crippen LogP contribution in [0.3, 0.4) is 0 Å². The standard InChI is InChI=1S/C49H29N3/c1-2-10-33(11-3-1)49-51-43(35-15-9-25-50-29-35)28-44(52-49)38-17-5-4-16-37(38)36-26-34-24-23-32-13-7-19-40-39-18-6-12-30-21-22-31-14-8-20-41(47(31)45(30)39)42(27-36)48(34)46(32)40/h1-29H. The predicted molar refractivity (Wildman–Crippen MR) is 218 cm³/mol. The molecule has 11 rings (SSSR count). The fraction of sp³-hybridized carbons (Fsp3) is 0. The van der Waals surface area contributed by atoms with Crippen molar-refractivity contribution in [3.63, 3.8) is 0 Å². The fourth-order valence-corrected chi connectivity index (χ4v) is 8.36. The number of rotatable bonds is 4. The minimum atomic E-state index is 0.686. The fourth-order valence-electron chi connectivity index (χ4n) is 8.36. The van der Waals surface area contributed by atoms with Crippen LogP contribution in [0.2, 0.25) is 0 Å². The molecule has 0 saturated carbocycles. The highest BCUT2D eigenvalue weighted by molar-refractivity contribution is 6.37. The van der Waals surface area contributed by atoms with E-state index in [0.717, 1.165) is 39.2 Å². The molecule has 3 heteroatoms. The highest BCUT2D eigenvalue weighted by Gasteiger charge is 2.19. The molecule has 240 valence electrons. The third-order valence-corrected chi connectivity index (χ3v) is 10.7. The number of aromatic nitrogens is 3. The molecule has 0 aliphatic carbocycles. The Morgan fingerprint density at radius 2 is 0.885 bits per heavy atom. The molecule has 0 saturated heterocycles. The van der Waals surface area contributed by atoms with Crippen molar-refractivity contribution in [3.05, 3.63) is 176 Å². The summed E-state index contributed by atoms with van der Waals surface area (Å²) in [6, 6.07) is 59.1. The molecule has 52 heavy (non-hydrogen) atoms. The summed E-state index contributed by atoms with van der Waals surface area (Å²) in [6.07, 6.45) is 3.66. The molecule has 2 heterocycles. The van der Waals surface area contributed by atoms with Crippen LogP contribution in [0.4, 0.5) is 0 Å². The number of nitrogens with zero attached hydrogens (tertiary/aromatic N) is 3. The van der Waals surface area contributed by atoms with Crippen LogP contribution < -0.4 is 0 Å². The minimum Gasteiger partial charge on any atom is -0.264 e. The van der Waals surface area contributed by atoms with Crippen molar-refractivity contribution in [2.45, 2.75) is 0 Å². The third kappa shape index (κ3) is 4.36. The van der Waals surface area contributed by atoms with Crippen LogP contribution in [-0.4, -0.2) is 15.0 Å². The summed E-state index contributed by atoms with van der Waals surface area (Å²) in [6.45, 7) is 0. The number of fused-ring (bicyclic) bond motifs is 2. The van der Waals surface area contributed by atoms with Crippen molar-refractivity contribution in [2.24, 2.45) is 0 Å². The smallest absolute Gasteiger partial charge is 0.160 e. The second-order valence-corrected chi connectivity index (χ2v) is 13.6. The van der Waals surface area contributed by atoms with E-state index in [1.54, 1.807) is 6.20 Å². The average molecular weight is 660 g/mol. The van der Waals surface area contributed by atoms with Crippen LogP contribution >= 0.6 is 0 Å². The Balaban J connectivity index is 1.25. The molecular weight excluding hydrogens is 631 g/mol. The molecule has 0 radical (unpaired) electrons. The van der Waals surface area contributed by atoms with Gasteiger partial charge in [-0.25, -0.2) is 9.97 Å². The maximum absolute atomic E-state index is 5.22. The second kappa shape index (κ2) is 11.3. The number of pyridine rings is 1. The van der Waals surface area contributed by atoms with Gasteiger partial charge in [0.1, 0.15) is 0 Å². The van der Waals surface area contributed by atoms with Gasteiger partial charge in [0.05, 0.1) is 11.4 Å². The first-order valence-corrected chi connectivity index (χ1v) is 17.7. The lowest BCUT2D eigenvalue weighted by atomic mass is 9.86. The van der Waals surface area contributed by atoms with Crippen molar-refractivity contribution >= 4 is 64.6 Å². The Hall–Kier alpha value is -6.97. The van der Waals surface area contributed by atoms with Gasteiger partial charge in [0.25, 0.3) is 0 Å². The largest absolute Gasteiger partial charge is 0.264 e. The molecule has 9 aromatic carbocycles. The SMILES string of the molecule is c1ccc(-c2nc(-c3cccnc3)cc(-c3ccccc3-c3cc4ccc5cccc6c7cccc8ccc9cccc(c(c3)c4c56)c9c87)n2)cc1. The summed E-state index contributed by atoms with van der Waals surface area (Å²) in [7, 11) is 0. The van der Waals surface area contributed by atoms with Crippen LogP contribution in [0.25, 0.3) is 110 Å². The highest BCUT2D eigenvalue weighted by Crippen LogP contribution is 2.45. The Morgan fingerprint density at radius 3 is 1.54 bits per heavy atom. The normalized spacial score (nSPS) is 11.8. The zero-order valence-electron chi connectivity index (χ0n) is 28.1. The van der Waals surface area contributed by atoms with Crippen molar-refractivity contribution < 1.29 is 0 Å². The van der Waals surface area contributed by atoms with Crippen molar-refractivity contribution in [2.75, 3.05) is 0 Å². The molecular formula is C49H29N3. The summed E-state index contributed by atoms with van der Waals surface area (Å²) in [5.41, 5.74) is 6.95. The molecule has 0 atom stereocenters. The van der Waals surface area contributed by atoms with Gasteiger partial charge in [-0.1, -0.05) is 133 Å². The molecule has 3 nitrogen and oxygen atoms in total. The molecule has 0 unspecified atom stereocenters. The minimum absolute atomic E-state index is 0.686. The van der Waals surface area contributed by atoms with Crippen molar-refractivity contribution in [1.29, 1.82) is 0 Å². The molecule has 0 bridgehead atoms. The molecule has 0 fully saturated rings. The molecule has 0 N–H and O–H groups in total. The van der Waals surface area contributed by atoms with Gasteiger partial charge >= 0.3 is 0 Å². The Bertz CT molecular complexity index is 3100. The van der Waals surface area contributed by atoms with E-state index in [1.165, 1.54) is 64.6 Å². The van der Waals surface area contributed by atoms with Gasteiger partial charge in [0, 0.05) is 29.1 Å². The third-order valence-electron chi connectivity index (χ3n) is 10.7. The van der Waals surface area contributed by atoms with E-state index in [9.17, 15) is 0 Å². The summed E-state index contributed by atoms with van der Waals surface area (Å²) in [5, 5.41) is 15.3. The average Bonchev–Trinajstić information content (AvgIpc) is 3.22. The Morgan fingerprint density at radius 1 is 0.327 bits per heavy atom. The van der Waals surface area contributed by atoms with E-state index in [-0.39, 0.29) is 0 Å². The van der Waals surface area contributed by atoms with Gasteiger partial charge in [0.15, 0.2) is 5.82 Å². The van der Waals surface area contributed by atoms with Gasteiger partial charge in [-0.3, -0.25) is 4.98 Å². The molecule has 2 aromatic heterocycles. The van der Waals surface area contributed by atoms with E-state index in [4.69, 9.17) is 9.97 Å². The zero-order chi connectivity index (χ0) is 34.2. The quantitative estimate of drug-likeness (QED) is 0.177. The first kappa shape index (κ1) is 28.8. The molecule has 0 spiro atoms. The summed E-state index contributed by atoms with van der Waals surface area (Å²) in [4.78, 5) is 14.7. The van der Waals surface area contributed by atoms with Gasteiger partial charge < -0.3 is 0 Å². The summed E-state index contributed by atoms with van der Waals surface area (Å²) in [5.74, 6) is 0.686. The lowest BCUT2D eigenvalue weighted by Gasteiger charge is -2.18. The van der Waals surface area contributed by atoms with Gasteiger partial charge in [0.2, 0.25) is 0 Å². The topological polar surface area (TPSA) is 38.7 Å². The predicted octanol–water partition coefficient (Wildman–Crippen LogP) is 12.9. The van der Waals surface area contributed by atoms with E-state index in [1.807, 2.05) is 30.5 Å². The lowest BCUT2D eigenvalue weighted by Crippen LogP contribution is -1.97. The van der Waals surface area contributed by atoms with Crippen LogP contribution in [0.5, 0.6) is 0 Å². The molecule has 0 aliphatic rings. The van der Waals surface area contributed by atoms with Gasteiger partial charge in [-0.2, -0.15) is 0 Å². The van der Waals surface area contributed by atoms with Crippen molar-refractivity contribution in [1.82, 2.24) is 15.0 Å². The molecule has 0 amide bonds. The summed E-state index contributed by atoms with van der Waals surface area (Å²) < 4.78 is 0. The van der Waals surface area contributed by atoms with Crippen LogP contribution in [-0.2, 0) is 0 Å². The van der Waals surface area contributed by atoms with E-state index in [2.05, 4.69) is 145 Å². The van der Waals surface area contributed by atoms with Crippen LogP contribution in [0.15, 0.2) is 176 Å². The lowest BCUT2D eigenvalue weighted by molar-refractivity contribution is 1.18. The van der Waals surface area contributed by atoms with Gasteiger partial charge in [-0.15, -0.1) is 0 Å². The number of hydrogen-bond acceptors (Lipinski definition) is 3. The number of hydrogen-bond donors (Lipinski definition) is 0. The number of benzene rings is 8. The Kier molecular flexibility index (Phi) is 6.25. The van der Waals surface area contributed by atoms with Gasteiger partial charge in [-0.05, 0) is 106 Å². The first-order valence-electron chi connectivity index (χ1n) is 17.7. The van der Waals surface area contributed by atoms with E-state index >= 15 is 0 Å². The van der Waals surface area contributed by atoms with Crippen LogP contribution in [0.1, 0.15) is 0 Å². The zero-order valence-corrected chi connectivity index (χ0v) is 28.1. The second-order valence-electron chi connectivity index (χ2n) is 13.6. The maximum Gasteiger partial charge on any atom is 0.160 e. The highest BCUT2D eigenvalue weighted by atomic mass is 14.9. The van der Waals surface area contributed by atoms with Crippen molar-refractivity contribution in [3.8, 4) is 45.0 Å². The maximum atomic E-state index is 5.22. The summed E-state index contributed by atoms with van der Waals surface area (Å²) >= 11 is 0. The van der Waals surface area contributed by atoms with E-state index in [0.29, 0.717) is 5.82 Å². The Labute approximate surface area is 299 Å². The first-order chi connectivity index (χ1) is 25.8. The molecule has 11 aromatic rings. The monoisotopic (exact) mass is 659 g/mol. The van der Waals surface area contributed by atoms with E-state index < -0.39 is 0 Å².